The summed E-state index contributed by atoms with van der Waals surface area (Å²) in [4.78, 5) is 2.55. The molecule has 0 saturated carbocycles. The minimum atomic E-state index is 0.545. The lowest BCUT2D eigenvalue weighted by molar-refractivity contribution is 0.208. The fourth-order valence-electron chi connectivity index (χ4n) is 2.94. The highest BCUT2D eigenvalue weighted by atomic mass is 79.9. The molecule has 1 saturated heterocycles. The number of halogens is 1. The number of anilines is 1. The van der Waals surface area contributed by atoms with Crippen molar-refractivity contribution < 1.29 is 0 Å². The minimum absolute atomic E-state index is 0.545. The molecule has 0 radical (unpaired) electrons. The van der Waals surface area contributed by atoms with Gasteiger partial charge in [0.15, 0.2) is 0 Å². The molecular formula is C18H21BrN2. The van der Waals surface area contributed by atoms with Gasteiger partial charge in [-0.05, 0) is 49.2 Å². The molecule has 1 unspecified atom stereocenters. The van der Waals surface area contributed by atoms with Gasteiger partial charge in [-0.1, -0.05) is 46.3 Å². The van der Waals surface area contributed by atoms with Gasteiger partial charge in [0.1, 0.15) is 0 Å². The highest BCUT2D eigenvalue weighted by Crippen LogP contribution is 2.19. The molecule has 1 aliphatic heterocycles. The maximum absolute atomic E-state index is 3.66. The van der Waals surface area contributed by atoms with E-state index in [1.807, 2.05) is 0 Å². The number of benzene rings is 2. The lowest BCUT2D eigenvalue weighted by atomic mass is 10.0. The average molecular weight is 345 g/mol. The summed E-state index contributed by atoms with van der Waals surface area (Å²) in [6.45, 7) is 3.37. The molecule has 21 heavy (non-hydrogen) atoms. The van der Waals surface area contributed by atoms with E-state index in [2.05, 4.69) is 80.7 Å². The lowest BCUT2D eigenvalue weighted by Gasteiger charge is -2.33. The van der Waals surface area contributed by atoms with Gasteiger partial charge in [0.25, 0.3) is 0 Å². The third kappa shape index (κ3) is 4.32. The molecule has 1 aliphatic rings. The summed E-state index contributed by atoms with van der Waals surface area (Å²) in [5.41, 5.74) is 2.62. The molecule has 0 spiro atoms. The Hall–Kier alpha value is -1.32. The van der Waals surface area contributed by atoms with Gasteiger partial charge in [0, 0.05) is 29.3 Å². The van der Waals surface area contributed by atoms with Crippen LogP contribution in [0.2, 0.25) is 0 Å². The van der Waals surface area contributed by atoms with Crippen molar-refractivity contribution in [1.82, 2.24) is 4.90 Å². The Kier molecular flexibility index (Phi) is 4.94. The molecule has 1 heterocycles. The fourth-order valence-corrected chi connectivity index (χ4v) is 3.20. The Labute approximate surface area is 135 Å². The summed E-state index contributed by atoms with van der Waals surface area (Å²) >= 11 is 3.48. The molecule has 1 atom stereocenters. The molecule has 2 aromatic rings. The highest BCUT2D eigenvalue weighted by molar-refractivity contribution is 9.10. The van der Waals surface area contributed by atoms with Crippen LogP contribution in [-0.2, 0) is 6.54 Å². The predicted molar refractivity (Wildman–Crippen MR) is 92.5 cm³/mol. The first kappa shape index (κ1) is 14.6. The molecule has 3 heteroatoms. The van der Waals surface area contributed by atoms with Crippen LogP contribution in [0.1, 0.15) is 18.4 Å². The molecule has 1 fully saturated rings. The summed E-state index contributed by atoms with van der Waals surface area (Å²) in [6.07, 6.45) is 2.52. The topological polar surface area (TPSA) is 15.3 Å². The normalized spacial score (nSPS) is 19.4. The third-order valence-electron chi connectivity index (χ3n) is 3.97. The van der Waals surface area contributed by atoms with Crippen molar-refractivity contribution in [2.45, 2.75) is 25.4 Å². The average Bonchev–Trinajstić information content (AvgIpc) is 2.51. The molecule has 1 N–H and O–H groups in total. The number of hydrogen-bond acceptors (Lipinski definition) is 2. The first-order chi connectivity index (χ1) is 10.3. The second-order valence-corrected chi connectivity index (χ2v) is 6.63. The Bertz CT molecular complexity index is 553. The third-order valence-corrected chi connectivity index (χ3v) is 4.50. The summed E-state index contributed by atoms with van der Waals surface area (Å²) in [5.74, 6) is 0. The predicted octanol–water partition coefficient (Wildman–Crippen LogP) is 4.53. The number of likely N-dealkylation sites (tertiary alicyclic amines) is 1. The van der Waals surface area contributed by atoms with E-state index < -0.39 is 0 Å². The van der Waals surface area contributed by atoms with E-state index in [9.17, 15) is 0 Å². The van der Waals surface area contributed by atoms with Gasteiger partial charge >= 0.3 is 0 Å². The van der Waals surface area contributed by atoms with Crippen LogP contribution in [0, 0.1) is 0 Å². The second kappa shape index (κ2) is 7.10. The summed E-state index contributed by atoms with van der Waals surface area (Å²) in [6, 6.07) is 19.8. The number of nitrogens with one attached hydrogen (secondary N) is 1. The van der Waals surface area contributed by atoms with Crippen LogP contribution in [0.3, 0.4) is 0 Å². The van der Waals surface area contributed by atoms with E-state index in [-0.39, 0.29) is 0 Å². The van der Waals surface area contributed by atoms with Gasteiger partial charge < -0.3 is 5.32 Å². The van der Waals surface area contributed by atoms with Crippen LogP contribution in [0.5, 0.6) is 0 Å². The molecule has 0 amide bonds. The van der Waals surface area contributed by atoms with Crippen molar-refractivity contribution in [1.29, 1.82) is 0 Å². The molecule has 2 nitrogen and oxygen atoms in total. The van der Waals surface area contributed by atoms with Crippen molar-refractivity contribution >= 4 is 21.6 Å². The molecule has 3 rings (SSSR count). The van der Waals surface area contributed by atoms with Gasteiger partial charge in [-0.3, -0.25) is 4.90 Å². The van der Waals surface area contributed by atoms with Crippen molar-refractivity contribution in [2.75, 3.05) is 18.4 Å². The molecule has 0 aliphatic carbocycles. The van der Waals surface area contributed by atoms with Crippen molar-refractivity contribution in [3.8, 4) is 0 Å². The zero-order valence-electron chi connectivity index (χ0n) is 12.1. The van der Waals surface area contributed by atoms with Gasteiger partial charge in [-0.15, -0.1) is 0 Å². The summed E-state index contributed by atoms with van der Waals surface area (Å²) in [7, 11) is 0. The van der Waals surface area contributed by atoms with Gasteiger partial charge in [-0.2, -0.15) is 0 Å². The monoisotopic (exact) mass is 344 g/mol. The first-order valence-corrected chi connectivity index (χ1v) is 8.37. The van der Waals surface area contributed by atoms with Crippen LogP contribution in [0.25, 0.3) is 0 Å². The Balaban J connectivity index is 1.57. The standard InChI is InChI=1S/C18H21BrN2/c19-16-8-10-17(11-9-16)20-18-7-4-12-21(14-18)13-15-5-2-1-3-6-15/h1-3,5-6,8-11,18,20H,4,7,12-14H2. The van der Waals surface area contributed by atoms with Gasteiger partial charge in [0.05, 0.1) is 0 Å². The van der Waals surface area contributed by atoms with Gasteiger partial charge in [-0.25, -0.2) is 0 Å². The van der Waals surface area contributed by atoms with E-state index >= 15 is 0 Å². The first-order valence-electron chi connectivity index (χ1n) is 7.58. The molecule has 2 aromatic carbocycles. The zero-order valence-corrected chi connectivity index (χ0v) is 13.7. The quantitative estimate of drug-likeness (QED) is 0.876. The lowest BCUT2D eigenvalue weighted by Crippen LogP contribution is -2.41. The van der Waals surface area contributed by atoms with Gasteiger partial charge in [0.2, 0.25) is 0 Å². The van der Waals surface area contributed by atoms with E-state index in [1.54, 1.807) is 0 Å². The highest BCUT2D eigenvalue weighted by Gasteiger charge is 2.19. The zero-order chi connectivity index (χ0) is 14.5. The SMILES string of the molecule is Brc1ccc(NC2CCCN(Cc3ccccc3)C2)cc1. The van der Waals surface area contributed by atoms with Crippen LogP contribution in [0.15, 0.2) is 59.1 Å². The molecule has 0 bridgehead atoms. The van der Waals surface area contributed by atoms with Crippen LogP contribution < -0.4 is 5.32 Å². The summed E-state index contributed by atoms with van der Waals surface area (Å²) in [5, 5.41) is 3.66. The largest absolute Gasteiger partial charge is 0.381 e. The maximum atomic E-state index is 3.66. The van der Waals surface area contributed by atoms with Crippen LogP contribution in [0.4, 0.5) is 5.69 Å². The fraction of sp³-hybridized carbons (Fsp3) is 0.333. The Morgan fingerprint density at radius 1 is 1.05 bits per heavy atom. The number of nitrogens with zero attached hydrogens (tertiary/aromatic N) is 1. The molecular weight excluding hydrogens is 324 g/mol. The van der Waals surface area contributed by atoms with E-state index in [0.717, 1.165) is 17.6 Å². The number of rotatable bonds is 4. The molecule has 0 aromatic heterocycles. The smallest absolute Gasteiger partial charge is 0.0389 e. The van der Waals surface area contributed by atoms with Crippen LogP contribution >= 0.6 is 15.9 Å². The minimum Gasteiger partial charge on any atom is -0.381 e. The number of piperidine rings is 1. The van der Waals surface area contributed by atoms with E-state index in [0.29, 0.717) is 6.04 Å². The molecule has 110 valence electrons. The van der Waals surface area contributed by atoms with E-state index in [4.69, 9.17) is 0 Å². The number of hydrogen-bond donors (Lipinski definition) is 1. The second-order valence-electron chi connectivity index (χ2n) is 5.71. The van der Waals surface area contributed by atoms with Crippen molar-refractivity contribution in [2.24, 2.45) is 0 Å². The maximum Gasteiger partial charge on any atom is 0.0389 e. The van der Waals surface area contributed by atoms with Crippen molar-refractivity contribution in [3.05, 3.63) is 64.6 Å². The summed E-state index contributed by atoms with van der Waals surface area (Å²) < 4.78 is 1.13. The van der Waals surface area contributed by atoms with E-state index in [1.165, 1.54) is 30.6 Å². The van der Waals surface area contributed by atoms with Crippen molar-refractivity contribution in [3.63, 3.8) is 0 Å². The van der Waals surface area contributed by atoms with Crippen LogP contribution in [-0.4, -0.2) is 24.0 Å². The Morgan fingerprint density at radius 2 is 1.81 bits per heavy atom. The Morgan fingerprint density at radius 3 is 2.57 bits per heavy atom.